The molecule has 0 aliphatic carbocycles. The largest absolute Gasteiger partial charge is 0.352 e. The first kappa shape index (κ1) is 12.7. The second-order valence-corrected chi connectivity index (χ2v) is 2.81. The maximum absolute atomic E-state index is 10.3. The summed E-state index contributed by atoms with van der Waals surface area (Å²) in [7, 11) is -1.42. The molecule has 0 bridgehead atoms. The first-order chi connectivity index (χ1) is 6.56. The fourth-order valence-electron chi connectivity index (χ4n) is 0.676. The predicted octanol–water partition coefficient (Wildman–Crippen LogP) is -1.62. The van der Waals surface area contributed by atoms with Gasteiger partial charge in [-0.15, -0.1) is 0 Å². The Hall–Kier alpha value is -1.27. The third-order valence-electron chi connectivity index (χ3n) is 1.26. The molecule has 6 N–H and O–H groups in total. The normalized spacial score (nSPS) is 10.6. The van der Waals surface area contributed by atoms with Crippen molar-refractivity contribution >= 4 is 20.7 Å². The monoisotopic (exact) mass is 224 g/mol. The summed E-state index contributed by atoms with van der Waals surface area (Å²) in [6, 6.07) is -1.45. The average molecular weight is 224 g/mol. The minimum absolute atomic E-state index is 0.0604. The Morgan fingerprint density at radius 1 is 1.21 bits per heavy atom. The van der Waals surface area contributed by atoms with Crippen molar-refractivity contribution in [1.29, 1.82) is 0 Å². The Bertz CT molecular complexity index is 206. The second-order valence-electron chi connectivity index (χ2n) is 2.34. The first-order valence-corrected chi connectivity index (χ1v) is 4.66. The van der Waals surface area contributed by atoms with Gasteiger partial charge in [0.1, 0.15) is 0 Å². The molecule has 0 spiro atoms. The van der Waals surface area contributed by atoms with Crippen LogP contribution in [-0.2, 0) is 9.09 Å². The van der Waals surface area contributed by atoms with Gasteiger partial charge in [0.15, 0.2) is 8.69 Å². The standard InChI is InChI=1S/C5H13N4O4P/c6-4(10)8-1-3(13-14-12)2-9-5(7)11/h3H,1-2,14H2,(H3,6,8,10)(H3,7,9,11). The van der Waals surface area contributed by atoms with Gasteiger partial charge >= 0.3 is 12.1 Å². The van der Waals surface area contributed by atoms with Crippen LogP contribution in [0.5, 0.6) is 0 Å². The predicted molar refractivity (Wildman–Crippen MR) is 50.4 cm³/mol. The van der Waals surface area contributed by atoms with Crippen molar-refractivity contribution in [2.45, 2.75) is 6.10 Å². The Morgan fingerprint density at radius 2 is 1.64 bits per heavy atom. The summed E-state index contributed by atoms with van der Waals surface area (Å²) in [5.41, 5.74) is 9.61. The summed E-state index contributed by atoms with van der Waals surface area (Å²) in [6.07, 6.45) is -0.595. The zero-order valence-corrected chi connectivity index (χ0v) is 8.51. The van der Waals surface area contributed by atoms with Crippen LogP contribution < -0.4 is 22.1 Å². The molecule has 0 saturated carbocycles. The molecule has 0 heterocycles. The van der Waals surface area contributed by atoms with E-state index in [0.717, 1.165) is 0 Å². The second kappa shape index (κ2) is 7.16. The third kappa shape index (κ3) is 7.38. The zero-order valence-electron chi connectivity index (χ0n) is 7.36. The number of rotatable bonds is 6. The van der Waals surface area contributed by atoms with Crippen LogP contribution in [0, 0.1) is 0 Å². The van der Waals surface area contributed by atoms with Crippen molar-refractivity contribution in [3.8, 4) is 0 Å². The molecular formula is C5H13N4O4P. The number of urea groups is 2. The molecule has 1 atom stereocenters. The van der Waals surface area contributed by atoms with E-state index in [-0.39, 0.29) is 13.1 Å². The van der Waals surface area contributed by atoms with Gasteiger partial charge < -0.3 is 26.6 Å². The Labute approximate surface area is 81.6 Å². The molecule has 9 heteroatoms. The van der Waals surface area contributed by atoms with Gasteiger partial charge in [-0.3, -0.25) is 4.57 Å². The Morgan fingerprint density at radius 3 is 1.93 bits per heavy atom. The van der Waals surface area contributed by atoms with Gasteiger partial charge in [-0.1, -0.05) is 0 Å². The SMILES string of the molecule is NC(=O)NCC(CNC(N)=O)O[PH2]=O. The Kier molecular flexibility index (Phi) is 6.51. The van der Waals surface area contributed by atoms with E-state index in [2.05, 4.69) is 10.6 Å². The molecule has 14 heavy (non-hydrogen) atoms. The zero-order chi connectivity index (χ0) is 11.0. The molecule has 0 radical (unpaired) electrons. The van der Waals surface area contributed by atoms with Crippen LogP contribution in [0.2, 0.25) is 0 Å². The lowest BCUT2D eigenvalue weighted by Crippen LogP contribution is -2.43. The van der Waals surface area contributed by atoms with Crippen LogP contribution in [0.3, 0.4) is 0 Å². The quantitative estimate of drug-likeness (QED) is 0.403. The highest BCUT2D eigenvalue weighted by Crippen LogP contribution is 2.00. The van der Waals surface area contributed by atoms with Crippen molar-refractivity contribution < 1.29 is 18.7 Å². The first-order valence-electron chi connectivity index (χ1n) is 3.72. The van der Waals surface area contributed by atoms with Crippen LogP contribution in [0.1, 0.15) is 0 Å². The van der Waals surface area contributed by atoms with Gasteiger partial charge in [-0.05, 0) is 0 Å². The van der Waals surface area contributed by atoms with Gasteiger partial charge in [0.25, 0.3) is 0 Å². The van der Waals surface area contributed by atoms with Gasteiger partial charge in [0.2, 0.25) is 0 Å². The summed E-state index contributed by atoms with van der Waals surface area (Å²) in [6.45, 7) is 0.121. The van der Waals surface area contributed by atoms with Gasteiger partial charge in [0, 0.05) is 13.1 Å². The molecule has 0 aromatic heterocycles. The molecule has 82 valence electrons. The molecule has 1 unspecified atom stereocenters. The molecule has 0 saturated heterocycles. The summed E-state index contributed by atoms with van der Waals surface area (Å²) in [4.78, 5) is 20.6. The lowest BCUT2D eigenvalue weighted by Gasteiger charge is -2.14. The average Bonchev–Trinajstić information content (AvgIpc) is 2.09. The lowest BCUT2D eigenvalue weighted by atomic mass is 10.3. The number of carbonyl (C=O) groups is 2. The van der Waals surface area contributed by atoms with Crippen molar-refractivity contribution in [3.05, 3.63) is 0 Å². The number of amides is 4. The highest BCUT2D eigenvalue weighted by atomic mass is 31.1. The highest BCUT2D eigenvalue weighted by Gasteiger charge is 2.09. The number of primary amides is 2. The van der Waals surface area contributed by atoms with Crippen molar-refractivity contribution in [3.63, 3.8) is 0 Å². The van der Waals surface area contributed by atoms with E-state index in [9.17, 15) is 14.2 Å². The highest BCUT2D eigenvalue weighted by molar-refractivity contribution is 7.17. The number of hydrogen-bond donors (Lipinski definition) is 4. The van der Waals surface area contributed by atoms with Crippen LogP contribution >= 0.6 is 8.69 Å². The molecule has 4 amide bonds. The summed E-state index contributed by atoms with van der Waals surface area (Å²) in [5, 5.41) is 4.50. The summed E-state index contributed by atoms with van der Waals surface area (Å²) >= 11 is 0. The molecule has 0 aromatic carbocycles. The molecule has 0 aliphatic heterocycles. The smallest absolute Gasteiger partial charge is 0.312 e. The van der Waals surface area contributed by atoms with E-state index in [1.54, 1.807) is 0 Å². The van der Waals surface area contributed by atoms with E-state index in [0.29, 0.717) is 0 Å². The summed E-state index contributed by atoms with van der Waals surface area (Å²) < 4.78 is 14.9. The maximum atomic E-state index is 10.3. The minimum Gasteiger partial charge on any atom is -0.352 e. The fourth-order valence-corrected chi connectivity index (χ4v) is 1.03. The maximum Gasteiger partial charge on any atom is 0.312 e. The van der Waals surface area contributed by atoms with Crippen LogP contribution in [-0.4, -0.2) is 31.3 Å². The fraction of sp³-hybridized carbons (Fsp3) is 0.600. The van der Waals surface area contributed by atoms with Crippen LogP contribution in [0.4, 0.5) is 9.59 Å². The van der Waals surface area contributed by atoms with E-state index in [1.165, 1.54) is 0 Å². The molecule has 0 aliphatic rings. The van der Waals surface area contributed by atoms with Gasteiger partial charge in [0.05, 0.1) is 6.10 Å². The number of carbonyl (C=O) groups excluding carboxylic acids is 2. The minimum atomic E-state index is -1.42. The van der Waals surface area contributed by atoms with Crippen LogP contribution in [0.15, 0.2) is 0 Å². The molecule has 8 nitrogen and oxygen atoms in total. The molecule has 0 fully saturated rings. The third-order valence-corrected chi connectivity index (χ3v) is 1.75. The molecular weight excluding hydrogens is 211 g/mol. The molecule has 0 aromatic rings. The van der Waals surface area contributed by atoms with E-state index >= 15 is 0 Å². The molecule has 0 rings (SSSR count). The van der Waals surface area contributed by atoms with Gasteiger partial charge in [-0.2, -0.15) is 0 Å². The summed E-state index contributed by atoms with van der Waals surface area (Å²) in [5.74, 6) is 0. The van der Waals surface area contributed by atoms with Gasteiger partial charge in [-0.25, -0.2) is 9.59 Å². The van der Waals surface area contributed by atoms with Crippen molar-refractivity contribution in [2.24, 2.45) is 11.5 Å². The van der Waals surface area contributed by atoms with E-state index in [1.807, 2.05) is 0 Å². The number of nitrogens with two attached hydrogens (primary N) is 2. The number of nitrogens with one attached hydrogen (secondary N) is 2. The van der Waals surface area contributed by atoms with E-state index < -0.39 is 26.9 Å². The number of hydrogen-bond acceptors (Lipinski definition) is 4. The van der Waals surface area contributed by atoms with Crippen molar-refractivity contribution in [2.75, 3.05) is 13.1 Å². The Balaban J connectivity index is 3.81. The lowest BCUT2D eigenvalue weighted by molar-refractivity contribution is 0.205. The van der Waals surface area contributed by atoms with Crippen LogP contribution in [0.25, 0.3) is 0 Å². The topological polar surface area (TPSA) is 137 Å². The van der Waals surface area contributed by atoms with Crippen molar-refractivity contribution in [1.82, 2.24) is 10.6 Å². The van der Waals surface area contributed by atoms with E-state index in [4.69, 9.17) is 16.0 Å².